The van der Waals surface area contributed by atoms with Crippen LogP contribution in [-0.2, 0) is 12.8 Å². The molecule has 8 nitrogen and oxygen atoms in total. The molecule has 0 unspecified atom stereocenters. The third kappa shape index (κ3) is 3.79. The highest BCUT2D eigenvalue weighted by atomic mass is 19.3. The molecule has 0 aliphatic heterocycles. The largest absolute Gasteiger partial charge is 0.434 e. The highest BCUT2D eigenvalue weighted by molar-refractivity contribution is 5.97. The Bertz CT molecular complexity index is 1220. The number of nitrogen functional groups attached to an aromatic ring is 1. The predicted molar refractivity (Wildman–Crippen MR) is 107 cm³/mol. The minimum Gasteiger partial charge on any atom is -0.434 e. The summed E-state index contributed by atoms with van der Waals surface area (Å²) >= 11 is 0. The number of anilines is 1. The number of fused-ring (bicyclic) bond motifs is 1. The van der Waals surface area contributed by atoms with Gasteiger partial charge in [0.2, 0.25) is 0 Å². The third-order valence-electron chi connectivity index (χ3n) is 4.74. The fourth-order valence-corrected chi connectivity index (χ4v) is 3.36. The standard InChI is InChI=1S/C20H18F2N6O2/c21-20(22)30-15-3-1-2-10(17(15)19(24)29)5-7-16-25-9-14(26-16)11-4-6-12-13(8-11)27-28-18(12)23/h1-4,6,8-9,20H,5,7H2,(H2,24,29)(H,25,26)(H3,23,27,28). The van der Waals surface area contributed by atoms with Crippen LogP contribution in [0.25, 0.3) is 22.2 Å². The van der Waals surface area contributed by atoms with Gasteiger partial charge in [-0.1, -0.05) is 18.2 Å². The van der Waals surface area contributed by atoms with Gasteiger partial charge in [-0.3, -0.25) is 9.89 Å². The summed E-state index contributed by atoms with van der Waals surface area (Å²) in [5, 5.41) is 7.68. The van der Waals surface area contributed by atoms with Crippen molar-refractivity contribution in [2.75, 3.05) is 5.73 Å². The number of nitrogens with one attached hydrogen (secondary N) is 2. The zero-order valence-electron chi connectivity index (χ0n) is 15.7. The number of nitrogens with two attached hydrogens (primary N) is 2. The molecule has 154 valence electrons. The van der Waals surface area contributed by atoms with E-state index in [1.165, 1.54) is 6.07 Å². The first kappa shape index (κ1) is 19.4. The molecule has 2 heterocycles. The third-order valence-corrected chi connectivity index (χ3v) is 4.74. The Morgan fingerprint density at radius 2 is 2.03 bits per heavy atom. The molecule has 0 bridgehead atoms. The molecule has 2 aromatic heterocycles. The van der Waals surface area contributed by atoms with E-state index in [0.29, 0.717) is 30.0 Å². The van der Waals surface area contributed by atoms with Gasteiger partial charge in [-0.15, -0.1) is 0 Å². The van der Waals surface area contributed by atoms with E-state index < -0.39 is 12.5 Å². The van der Waals surface area contributed by atoms with Crippen molar-refractivity contribution in [3.05, 3.63) is 59.5 Å². The first-order valence-electron chi connectivity index (χ1n) is 9.06. The Kier molecular flexibility index (Phi) is 5.05. The maximum absolute atomic E-state index is 12.6. The van der Waals surface area contributed by atoms with Crippen LogP contribution in [0.5, 0.6) is 5.75 Å². The molecular formula is C20H18F2N6O2. The van der Waals surface area contributed by atoms with Gasteiger partial charge in [0.1, 0.15) is 11.6 Å². The van der Waals surface area contributed by atoms with Crippen LogP contribution < -0.4 is 16.2 Å². The molecule has 0 aliphatic carbocycles. The molecule has 1 amide bonds. The average Bonchev–Trinajstić information content (AvgIpc) is 3.32. The second kappa shape index (κ2) is 7.82. The lowest BCUT2D eigenvalue weighted by molar-refractivity contribution is -0.0501. The van der Waals surface area contributed by atoms with Crippen molar-refractivity contribution < 1.29 is 18.3 Å². The van der Waals surface area contributed by atoms with E-state index in [0.717, 1.165) is 22.2 Å². The Hall–Kier alpha value is -3.95. The number of carbonyl (C=O) groups is 1. The smallest absolute Gasteiger partial charge is 0.387 e. The van der Waals surface area contributed by atoms with Gasteiger partial charge in [0.15, 0.2) is 5.82 Å². The maximum atomic E-state index is 12.6. The number of hydrogen-bond acceptors (Lipinski definition) is 5. The normalized spacial score (nSPS) is 11.3. The Morgan fingerprint density at radius 3 is 2.80 bits per heavy atom. The van der Waals surface area contributed by atoms with Gasteiger partial charge < -0.3 is 21.2 Å². The molecule has 0 saturated carbocycles. The first-order valence-corrected chi connectivity index (χ1v) is 9.06. The number of halogens is 2. The van der Waals surface area contributed by atoms with E-state index in [4.69, 9.17) is 11.5 Å². The number of aromatic nitrogens is 4. The molecule has 0 saturated heterocycles. The molecule has 6 N–H and O–H groups in total. The lowest BCUT2D eigenvalue weighted by Gasteiger charge is -2.12. The minimum absolute atomic E-state index is 0.0492. The van der Waals surface area contributed by atoms with E-state index in [-0.39, 0.29) is 11.3 Å². The monoisotopic (exact) mass is 412 g/mol. The number of H-pyrrole nitrogens is 2. The van der Waals surface area contributed by atoms with E-state index in [1.54, 1.807) is 18.3 Å². The van der Waals surface area contributed by atoms with Crippen molar-refractivity contribution in [3.63, 3.8) is 0 Å². The predicted octanol–water partition coefficient (Wildman–Crippen LogP) is 3.02. The summed E-state index contributed by atoms with van der Waals surface area (Å²) in [5.74, 6) is 0.0470. The van der Waals surface area contributed by atoms with Gasteiger partial charge in [0, 0.05) is 17.4 Å². The summed E-state index contributed by atoms with van der Waals surface area (Å²) in [4.78, 5) is 19.4. The lowest BCUT2D eigenvalue weighted by Crippen LogP contribution is -2.17. The molecule has 0 aliphatic rings. The molecule has 30 heavy (non-hydrogen) atoms. The fraction of sp³-hybridized carbons (Fsp3) is 0.150. The highest BCUT2D eigenvalue weighted by Crippen LogP contribution is 2.27. The van der Waals surface area contributed by atoms with Gasteiger partial charge in [0.25, 0.3) is 5.91 Å². The average molecular weight is 412 g/mol. The van der Waals surface area contributed by atoms with Crippen molar-refractivity contribution in [3.8, 4) is 17.0 Å². The number of rotatable bonds is 7. The van der Waals surface area contributed by atoms with Gasteiger partial charge in [0.05, 0.1) is 23.0 Å². The second-order valence-electron chi connectivity index (χ2n) is 6.65. The van der Waals surface area contributed by atoms with Gasteiger partial charge in [-0.25, -0.2) is 4.98 Å². The number of aromatic amines is 2. The molecule has 0 atom stereocenters. The molecular weight excluding hydrogens is 394 g/mol. The van der Waals surface area contributed by atoms with Crippen molar-refractivity contribution in [1.82, 2.24) is 20.2 Å². The topological polar surface area (TPSA) is 136 Å². The van der Waals surface area contributed by atoms with Crippen LogP contribution in [0.4, 0.5) is 14.6 Å². The molecule has 0 spiro atoms. The van der Waals surface area contributed by atoms with E-state index in [1.807, 2.05) is 18.2 Å². The first-order chi connectivity index (χ1) is 14.4. The number of carbonyl (C=O) groups excluding carboxylic acids is 1. The summed E-state index contributed by atoms with van der Waals surface area (Å²) in [5.41, 5.74) is 14.1. The lowest BCUT2D eigenvalue weighted by atomic mass is 10.0. The Balaban J connectivity index is 1.54. The molecule has 0 fully saturated rings. The number of benzene rings is 2. The van der Waals surface area contributed by atoms with Crippen LogP contribution in [0.15, 0.2) is 42.6 Å². The van der Waals surface area contributed by atoms with Gasteiger partial charge >= 0.3 is 6.61 Å². The van der Waals surface area contributed by atoms with Gasteiger partial charge in [-0.05, 0) is 30.2 Å². The van der Waals surface area contributed by atoms with Gasteiger partial charge in [-0.2, -0.15) is 13.9 Å². The molecule has 10 heteroatoms. The molecule has 4 rings (SSSR count). The van der Waals surface area contributed by atoms with Crippen molar-refractivity contribution in [1.29, 1.82) is 0 Å². The quantitative estimate of drug-likeness (QED) is 0.370. The highest BCUT2D eigenvalue weighted by Gasteiger charge is 2.18. The minimum atomic E-state index is -3.05. The number of hydrogen-bond donors (Lipinski definition) is 4. The van der Waals surface area contributed by atoms with Crippen molar-refractivity contribution >= 4 is 22.6 Å². The number of aryl methyl sites for hydroxylation is 2. The van der Waals surface area contributed by atoms with Crippen LogP contribution in [0.3, 0.4) is 0 Å². The molecule has 0 radical (unpaired) electrons. The van der Waals surface area contributed by atoms with Crippen molar-refractivity contribution in [2.24, 2.45) is 5.73 Å². The molecule has 2 aromatic carbocycles. The van der Waals surface area contributed by atoms with Crippen LogP contribution in [0, 0.1) is 0 Å². The van der Waals surface area contributed by atoms with Crippen LogP contribution >= 0.6 is 0 Å². The van der Waals surface area contributed by atoms with E-state index >= 15 is 0 Å². The van der Waals surface area contributed by atoms with Crippen LogP contribution in [0.1, 0.15) is 21.7 Å². The van der Waals surface area contributed by atoms with Crippen molar-refractivity contribution in [2.45, 2.75) is 19.5 Å². The van der Waals surface area contributed by atoms with E-state index in [9.17, 15) is 13.6 Å². The maximum Gasteiger partial charge on any atom is 0.387 e. The Labute approximate surface area is 169 Å². The Morgan fingerprint density at radius 1 is 1.20 bits per heavy atom. The number of ether oxygens (including phenoxy) is 1. The fourth-order valence-electron chi connectivity index (χ4n) is 3.36. The number of nitrogens with zero attached hydrogens (tertiary/aromatic N) is 2. The summed E-state index contributed by atoms with van der Waals surface area (Å²) in [7, 11) is 0. The number of primary amides is 1. The number of alkyl halides is 2. The zero-order chi connectivity index (χ0) is 21.3. The summed E-state index contributed by atoms with van der Waals surface area (Å²) < 4.78 is 29.6. The number of imidazole rings is 1. The number of amides is 1. The van der Waals surface area contributed by atoms with E-state index in [2.05, 4.69) is 24.9 Å². The van der Waals surface area contributed by atoms with Crippen LogP contribution in [0.2, 0.25) is 0 Å². The second-order valence-corrected chi connectivity index (χ2v) is 6.65. The summed E-state index contributed by atoms with van der Waals surface area (Å²) in [6.45, 7) is -3.05. The summed E-state index contributed by atoms with van der Waals surface area (Å²) in [6, 6.07) is 10.2. The van der Waals surface area contributed by atoms with Crippen LogP contribution in [-0.4, -0.2) is 32.7 Å². The SMILES string of the molecule is NC(=O)c1c(CCc2ncc(-c3ccc4c(N)n[nH]c4c3)[nH]2)cccc1OC(F)F. The zero-order valence-corrected chi connectivity index (χ0v) is 15.7. The summed E-state index contributed by atoms with van der Waals surface area (Å²) in [6.07, 6.45) is 2.50. The molecule has 4 aromatic rings.